The Morgan fingerprint density at radius 1 is 1.12 bits per heavy atom. The monoisotopic (exact) mass is 346 g/mol. The molecule has 0 radical (unpaired) electrons. The van der Waals surface area contributed by atoms with Gasteiger partial charge in [0, 0.05) is 24.7 Å². The number of urea groups is 1. The van der Waals surface area contributed by atoms with Crippen molar-refractivity contribution in [1.82, 2.24) is 10.2 Å². The van der Waals surface area contributed by atoms with Crippen LogP contribution in [0.4, 0.5) is 10.5 Å². The zero-order valence-electron chi connectivity index (χ0n) is 14.7. The van der Waals surface area contributed by atoms with Gasteiger partial charge in [-0.1, -0.05) is 32.0 Å². The third kappa shape index (κ3) is 5.20. The van der Waals surface area contributed by atoms with Gasteiger partial charge >= 0.3 is 6.03 Å². The lowest BCUT2D eigenvalue weighted by Gasteiger charge is -2.34. The lowest BCUT2D eigenvalue weighted by atomic mass is 9.94. The fraction of sp³-hybridized carbons (Fsp3) is 0.500. The highest BCUT2D eigenvalue weighted by molar-refractivity contribution is 5.93. The number of anilines is 1. The quantitative estimate of drug-likeness (QED) is 0.753. The summed E-state index contributed by atoms with van der Waals surface area (Å²) in [7, 11) is 0. The molecule has 1 aliphatic heterocycles. The first-order valence-electron chi connectivity index (χ1n) is 8.59. The Balaban J connectivity index is 1.94. The first-order chi connectivity index (χ1) is 11.9. The number of carbonyl (C=O) groups excluding carboxylic acids is 3. The van der Waals surface area contributed by atoms with Crippen molar-refractivity contribution in [2.45, 2.75) is 32.7 Å². The standard InChI is InChI=1S/C18H26N4O3/c1-12(2)15(21-18(25)20-14-6-4-3-5-7-14)17(24)22-10-8-13(9-11-22)16(19)23/h3-7,12-13,15H,8-11H2,1-2H3,(H2,19,23)(H2,20,21,25)/t15-/m0/s1. The Morgan fingerprint density at radius 3 is 2.24 bits per heavy atom. The van der Waals surface area contributed by atoms with Crippen LogP contribution in [0.3, 0.4) is 0 Å². The highest BCUT2D eigenvalue weighted by Gasteiger charge is 2.32. The van der Waals surface area contributed by atoms with Gasteiger partial charge in [0.15, 0.2) is 0 Å². The number of nitrogens with zero attached hydrogens (tertiary/aromatic N) is 1. The third-order valence-corrected chi connectivity index (χ3v) is 4.46. The van der Waals surface area contributed by atoms with Crippen LogP contribution >= 0.6 is 0 Å². The van der Waals surface area contributed by atoms with Crippen LogP contribution in [0.5, 0.6) is 0 Å². The second-order valence-corrected chi connectivity index (χ2v) is 6.69. The molecule has 1 fully saturated rings. The van der Waals surface area contributed by atoms with Gasteiger partial charge in [-0.25, -0.2) is 4.79 Å². The van der Waals surface area contributed by atoms with E-state index in [1.165, 1.54) is 0 Å². The Morgan fingerprint density at radius 2 is 1.72 bits per heavy atom. The number of hydrogen-bond acceptors (Lipinski definition) is 3. The van der Waals surface area contributed by atoms with Crippen LogP contribution in [-0.4, -0.2) is 41.9 Å². The van der Waals surface area contributed by atoms with Gasteiger partial charge < -0.3 is 21.3 Å². The minimum Gasteiger partial charge on any atom is -0.369 e. The van der Waals surface area contributed by atoms with Gasteiger partial charge in [-0.05, 0) is 30.9 Å². The van der Waals surface area contributed by atoms with Crippen LogP contribution in [0.1, 0.15) is 26.7 Å². The van der Waals surface area contributed by atoms with E-state index < -0.39 is 12.1 Å². The van der Waals surface area contributed by atoms with Crippen molar-refractivity contribution in [2.24, 2.45) is 17.6 Å². The van der Waals surface area contributed by atoms with Crippen LogP contribution in [0.25, 0.3) is 0 Å². The topological polar surface area (TPSA) is 105 Å². The summed E-state index contributed by atoms with van der Waals surface area (Å²) in [6.45, 7) is 4.75. The number of carbonyl (C=O) groups is 3. The molecule has 0 unspecified atom stereocenters. The third-order valence-electron chi connectivity index (χ3n) is 4.46. The van der Waals surface area contributed by atoms with Gasteiger partial charge in [-0.2, -0.15) is 0 Å². The van der Waals surface area contributed by atoms with E-state index in [1.807, 2.05) is 32.0 Å². The van der Waals surface area contributed by atoms with Crippen molar-refractivity contribution >= 4 is 23.5 Å². The summed E-state index contributed by atoms with van der Waals surface area (Å²) in [5, 5.41) is 5.49. The van der Waals surface area contributed by atoms with E-state index in [0.717, 1.165) is 0 Å². The lowest BCUT2D eigenvalue weighted by molar-refractivity contribution is -0.137. The zero-order chi connectivity index (χ0) is 18.4. The molecule has 2 rings (SSSR count). The van der Waals surface area contributed by atoms with E-state index in [4.69, 9.17) is 5.73 Å². The van der Waals surface area contributed by atoms with Gasteiger partial charge in [0.25, 0.3) is 0 Å². The fourth-order valence-electron chi connectivity index (χ4n) is 2.92. The highest BCUT2D eigenvalue weighted by Crippen LogP contribution is 2.19. The van der Waals surface area contributed by atoms with Gasteiger partial charge in [0.2, 0.25) is 11.8 Å². The molecular weight excluding hydrogens is 320 g/mol. The molecule has 0 saturated carbocycles. The molecule has 136 valence electrons. The highest BCUT2D eigenvalue weighted by atomic mass is 16.2. The number of nitrogens with one attached hydrogen (secondary N) is 2. The maximum Gasteiger partial charge on any atom is 0.319 e. The Labute approximate surface area is 147 Å². The summed E-state index contributed by atoms with van der Waals surface area (Å²) in [6.07, 6.45) is 1.14. The summed E-state index contributed by atoms with van der Waals surface area (Å²) in [4.78, 5) is 37.9. The number of piperidine rings is 1. The number of hydrogen-bond donors (Lipinski definition) is 3. The molecule has 1 aromatic rings. The molecule has 0 aliphatic carbocycles. The maximum absolute atomic E-state index is 12.8. The van der Waals surface area contributed by atoms with Crippen LogP contribution in [-0.2, 0) is 9.59 Å². The number of rotatable bonds is 5. The Kier molecular flexibility index (Phi) is 6.38. The summed E-state index contributed by atoms with van der Waals surface area (Å²) >= 11 is 0. The van der Waals surface area contributed by atoms with E-state index in [0.29, 0.717) is 31.6 Å². The number of nitrogens with two attached hydrogens (primary N) is 1. The van der Waals surface area contributed by atoms with Gasteiger partial charge in [-0.15, -0.1) is 0 Å². The molecule has 0 aromatic heterocycles. The predicted octanol–water partition coefficient (Wildman–Crippen LogP) is 1.56. The summed E-state index contributed by atoms with van der Waals surface area (Å²) in [5.41, 5.74) is 5.99. The molecule has 4 amide bonds. The predicted molar refractivity (Wildman–Crippen MR) is 95.7 cm³/mol. The molecule has 1 heterocycles. The second-order valence-electron chi connectivity index (χ2n) is 6.69. The molecule has 1 atom stereocenters. The fourth-order valence-corrected chi connectivity index (χ4v) is 2.92. The zero-order valence-corrected chi connectivity index (χ0v) is 14.7. The molecule has 1 aliphatic rings. The summed E-state index contributed by atoms with van der Waals surface area (Å²) in [6, 6.07) is 8.03. The summed E-state index contributed by atoms with van der Waals surface area (Å²) < 4.78 is 0. The Hall–Kier alpha value is -2.57. The average molecular weight is 346 g/mol. The normalized spacial score (nSPS) is 16.4. The van der Waals surface area contributed by atoms with E-state index in [1.54, 1.807) is 17.0 Å². The Bertz CT molecular complexity index is 610. The second kappa shape index (κ2) is 8.50. The molecular formula is C18H26N4O3. The molecule has 0 spiro atoms. The van der Waals surface area contributed by atoms with E-state index in [2.05, 4.69) is 10.6 Å². The molecule has 25 heavy (non-hydrogen) atoms. The van der Waals surface area contributed by atoms with Crippen LogP contribution < -0.4 is 16.4 Å². The SMILES string of the molecule is CC(C)[C@H](NC(=O)Nc1ccccc1)C(=O)N1CCC(C(N)=O)CC1. The van der Waals surface area contributed by atoms with Crippen molar-refractivity contribution in [1.29, 1.82) is 0 Å². The molecule has 7 nitrogen and oxygen atoms in total. The molecule has 7 heteroatoms. The van der Waals surface area contributed by atoms with Crippen molar-refractivity contribution in [3.8, 4) is 0 Å². The molecule has 1 aromatic carbocycles. The number of likely N-dealkylation sites (tertiary alicyclic amines) is 1. The minimum absolute atomic E-state index is 0.0529. The lowest BCUT2D eigenvalue weighted by Crippen LogP contribution is -2.54. The molecule has 1 saturated heterocycles. The van der Waals surface area contributed by atoms with Crippen molar-refractivity contribution < 1.29 is 14.4 Å². The van der Waals surface area contributed by atoms with Crippen LogP contribution in [0.2, 0.25) is 0 Å². The van der Waals surface area contributed by atoms with E-state index >= 15 is 0 Å². The van der Waals surface area contributed by atoms with Gasteiger partial charge in [-0.3, -0.25) is 9.59 Å². The largest absolute Gasteiger partial charge is 0.369 e. The van der Waals surface area contributed by atoms with Crippen molar-refractivity contribution in [3.63, 3.8) is 0 Å². The number of benzene rings is 1. The smallest absolute Gasteiger partial charge is 0.319 e. The number of primary amides is 1. The van der Waals surface area contributed by atoms with E-state index in [9.17, 15) is 14.4 Å². The van der Waals surface area contributed by atoms with Gasteiger partial charge in [0.1, 0.15) is 6.04 Å². The molecule has 0 bridgehead atoms. The van der Waals surface area contributed by atoms with Crippen LogP contribution in [0.15, 0.2) is 30.3 Å². The van der Waals surface area contributed by atoms with E-state index in [-0.39, 0.29) is 23.7 Å². The number of amides is 4. The maximum atomic E-state index is 12.8. The first-order valence-corrected chi connectivity index (χ1v) is 8.59. The van der Waals surface area contributed by atoms with Gasteiger partial charge in [0.05, 0.1) is 0 Å². The summed E-state index contributed by atoms with van der Waals surface area (Å²) in [5.74, 6) is -0.659. The van der Waals surface area contributed by atoms with Crippen LogP contribution in [0, 0.1) is 11.8 Å². The minimum atomic E-state index is -0.617. The average Bonchev–Trinajstić information content (AvgIpc) is 2.60. The van der Waals surface area contributed by atoms with Crippen molar-refractivity contribution in [3.05, 3.63) is 30.3 Å². The molecule has 4 N–H and O–H groups in total. The first kappa shape index (κ1) is 18.8. The van der Waals surface area contributed by atoms with Crippen molar-refractivity contribution in [2.75, 3.05) is 18.4 Å². The number of para-hydroxylation sites is 1.